The minimum Gasteiger partial charge on any atom is -0.313 e. The lowest BCUT2D eigenvalue weighted by molar-refractivity contribution is 0.380. The van der Waals surface area contributed by atoms with Gasteiger partial charge in [-0.25, -0.2) is 8.42 Å². The summed E-state index contributed by atoms with van der Waals surface area (Å²) in [6.45, 7) is 0.615. The molecule has 1 N–H and O–H groups in total. The van der Waals surface area contributed by atoms with E-state index in [4.69, 9.17) is 0 Å². The molecule has 0 aromatic carbocycles. The first-order valence-corrected chi connectivity index (χ1v) is 7.05. The van der Waals surface area contributed by atoms with E-state index in [-0.39, 0.29) is 5.75 Å². The van der Waals surface area contributed by atoms with E-state index in [0.29, 0.717) is 12.6 Å². The summed E-state index contributed by atoms with van der Waals surface area (Å²) in [6, 6.07) is 0.565. The van der Waals surface area contributed by atoms with Crippen LogP contribution in [0.3, 0.4) is 0 Å². The molecule has 0 saturated heterocycles. The van der Waals surface area contributed by atoms with Crippen LogP contribution in [0.4, 0.5) is 0 Å². The van der Waals surface area contributed by atoms with Crippen molar-refractivity contribution in [2.24, 2.45) is 0 Å². The number of rotatable bonds is 4. The van der Waals surface area contributed by atoms with Crippen molar-refractivity contribution in [2.75, 3.05) is 18.6 Å². The fourth-order valence-corrected chi connectivity index (χ4v) is 2.24. The maximum absolute atomic E-state index is 10.8. The van der Waals surface area contributed by atoms with E-state index in [9.17, 15) is 8.42 Å². The van der Waals surface area contributed by atoms with Crippen molar-refractivity contribution in [3.05, 3.63) is 0 Å². The smallest absolute Gasteiger partial charge is 0.148 e. The van der Waals surface area contributed by atoms with E-state index in [1.54, 1.807) is 0 Å². The first-order valence-electron chi connectivity index (χ1n) is 4.99. The van der Waals surface area contributed by atoms with Gasteiger partial charge in [-0.3, -0.25) is 0 Å². The zero-order chi connectivity index (χ0) is 9.73. The summed E-state index contributed by atoms with van der Waals surface area (Å²) >= 11 is 0. The Balaban J connectivity index is 2.11. The summed E-state index contributed by atoms with van der Waals surface area (Å²) in [6.07, 6.45) is 7.63. The SMILES string of the molecule is CS(=O)(=O)CCNC1CCCCC1. The highest BCUT2D eigenvalue weighted by molar-refractivity contribution is 7.90. The second-order valence-corrected chi connectivity index (χ2v) is 6.18. The predicted octanol–water partition coefficient (Wildman–Crippen LogP) is 0.953. The minimum atomic E-state index is -2.79. The lowest BCUT2D eigenvalue weighted by atomic mass is 9.96. The van der Waals surface area contributed by atoms with Gasteiger partial charge in [-0.05, 0) is 12.8 Å². The molecule has 1 aliphatic carbocycles. The minimum absolute atomic E-state index is 0.267. The molecular formula is C9H19NO2S. The molecule has 1 saturated carbocycles. The summed E-state index contributed by atoms with van der Waals surface area (Å²) in [5.41, 5.74) is 0. The first-order chi connectivity index (χ1) is 6.08. The van der Waals surface area contributed by atoms with Crippen LogP contribution < -0.4 is 5.32 Å². The Labute approximate surface area is 80.8 Å². The Kier molecular flexibility index (Phi) is 4.19. The lowest BCUT2D eigenvalue weighted by Crippen LogP contribution is -2.34. The molecule has 1 aliphatic rings. The van der Waals surface area contributed by atoms with Crippen molar-refractivity contribution >= 4 is 9.84 Å². The highest BCUT2D eigenvalue weighted by atomic mass is 32.2. The second kappa shape index (κ2) is 4.96. The lowest BCUT2D eigenvalue weighted by Gasteiger charge is -2.22. The van der Waals surface area contributed by atoms with Gasteiger partial charge < -0.3 is 5.32 Å². The summed E-state index contributed by atoms with van der Waals surface area (Å²) in [4.78, 5) is 0. The number of nitrogens with one attached hydrogen (secondary N) is 1. The molecule has 0 atom stereocenters. The maximum Gasteiger partial charge on any atom is 0.148 e. The van der Waals surface area contributed by atoms with Crippen molar-refractivity contribution < 1.29 is 8.42 Å². The molecule has 0 radical (unpaired) electrons. The van der Waals surface area contributed by atoms with Gasteiger partial charge in [0.1, 0.15) is 9.84 Å². The van der Waals surface area contributed by atoms with E-state index < -0.39 is 9.84 Å². The molecule has 1 fully saturated rings. The molecule has 0 amide bonds. The van der Waals surface area contributed by atoms with Gasteiger partial charge in [0.05, 0.1) is 5.75 Å². The molecule has 4 heteroatoms. The van der Waals surface area contributed by atoms with Crippen LogP contribution in [0.15, 0.2) is 0 Å². The summed E-state index contributed by atoms with van der Waals surface area (Å²) in [5.74, 6) is 0.267. The van der Waals surface area contributed by atoms with Crippen LogP contribution >= 0.6 is 0 Å². The average Bonchev–Trinajstić information content (AvgIpc) is 2.04. The Morgan fingerprint density at radius 3 is 2.38 bits per heavy atom. The van der Waals surface area contributed by atoms with Crippen molar-refractivity contribution in [2.45, 2.75) is 38.1 Å². The highest BCUT2D eigenvalue weighted by Gasteiger charge is 2.12. The Morgan fingerprint density at radius 1 is 1.23 bits per heavy atom. The maximum atomic E-state index is 10.8. The monoisotopic (exact) mass is 205 g/mol. The Bertz CT molecular complexity index is 230. The zero-order valence-electron chi connectivity index (χ0n) is 8.25. The Hall–Kier alpha value is -0.0900. The summed E-state index contributed by atoms with van der Waals surface area (Å²) in [5, 5.41) is 3.30. The largest absolute Gasteiger partial charge is 0.313 e. The molecule has 0 bridgehead atoms. The van der Waals surface area contributed by atoms with Crippen molar-refractivity contribution in [1.82, 2.24) is 5.32 Å². The van der Waals surface area contributed by atoms with Gasteiger partial charge >= 0.3 is 0 Å². The molecule has 0 aromatic rings. The van der Waals surface area contributed by atoms with Crippen LogP contribution in [-0.2, 0) is 9.84 Å². The van der Waals surface area contributed by atoms with Gasteiger partial charge in [0.25, 0.3) is 0 Å². The quantitative estimate of drug-likeness (QED) is 0.743. The van der Waals surface area contributed by atoms with E-state index in [1.807, 2.05) is 0 Å². The van der Waals surface area contributed by atoms with Crippen molar-refractivity contribution in [3.63, 3.8) is 0 Å². The standard InChI is InChI=1S/C9H19NO2S/c1-13(11,12)8-7-10-9-5-3-2-4-6-9/h9-10H,2-8H2,1H3. The fraction of sp³-hybridized carbons (Fsp3) is 1.00. The number of hydrogen-bond acceptors (Lipinski definition) is 3. The third-order valence-corrected chi connectivity index (χ3v) is 3.46. The van der Waals surface area contributed by atoms with Gasteiger partial charge in [0.2, 0.25) is 0 Å². The summed E-state index contributed by atoms with van der Waals surface area (Å²) < 4.78 is 21.7. The highest BCUT2D eigenvalue weighted by Crippen LogP contribution is 2.16. The van der Waals surface area contributed by atoms with E-state index in [1.165, 1.54) is 38.4 Å². The van der Waals surface area contributed by atoms with Gasteiger partial charge in [-0.1, -0.05) is 19.3 Å². The molecule has 3 nitrogen and oxygen atoms in total. The summed E-state index contributed by atoms with van der Waals surface area (Å²) in [7, 11) is -2.79. The molecule has 1 rings (SSSR count). The number of sulfone groups is 1. The van der Waals surface area contributed by atoms with Gasteiger partial charge in [0.15, 0.2) is 0 Å². The normalized spacial score (nSPS) is 20.4. The van der Waals surface area contributed by atoms with Crippen LogP contribution in [0, 0.1) is 0 Å². The van der Waals surface area contributed by atoms with Crippen LogP contribution in [0.2, 0.25) is 0 Å². The third kappa shape index (κ3) is 5.26. The molecule has 0 aromatic heterocycles. The van der Waals surface area contributed by atoms with Gasteiger partial charge in [-0.2, -0.15) is 0 Å². The molecule has 0 unspecified atom stereocenters. The number of hydrogen-bond donors (Lipinski definition) is 1. The molecule has 0 aliphatic heterocycles. The molecular weight excluding hydrogens is 186 g/mol. The Morgan fingerprint density at radius 2 is 1.85 bits per heavy atom. The fourth-order valence-electron chi connectivity index (χ4n) is 1.76. The van der Waals surface area contributed by atoms with E-state index in [2.05, 4.69) is 5.32 Å². The van der Waals surface area contributed by atoms with Crippen LogP contribution in [0.1, 0.15) is 32.1 Å². The molecule has 78 valence electrons. The van der Waals surface area contributed by atoms with Gasteiger partial charge in [0, 0.05) is 18.8 Å². The van der Waals surface area contributed by atoms with E-state index in [0.717, 1.165) is 0 Å². The first kappa shape index (κ1) is 11.0. The second-order valence-electron chi connectivity index (χ2n) is 3.92. The van der Waals surface area contributed by atoms with Crippen molar-refractivity contribution in [3.8, 4) is 0 Å². The van der Waals surface area contributed by atoms with Gasteiger partial charge in [-0.15, -0.1) is 0 Å². The van der Waals surface area contributed by atoms with Crippen LogP contribution in [0.25, 0.3) is 0 Å². The van der Waals surface area contributed by atoms with Crippen LogP contribution in [-0.4, -0.2) is 33.0 Å². The van der Waals surface area contributed by atoms with Crippen molar-refractivity contribution in [1.29, 1.82) is 0 Å². The van der Waals surface area contributed by atoms with E-state index >= 15 is 0 Å². The third-order valence-electron chi connectivity index (χ3n) is 2.51. The zero-order valence-corrected chi connectivity index (χ0v) is 9.07. The molecule has 0 heterocycles. The molecule has 13 heavy (non-hydrogen) atoms. The predicted molar refractivity (Wildman–Crippen MR) is 54.6 cm³/mol. The topological polar surface area (TPSA) is 46.2 Å². The average molecular weight is 205 g/mol. The van der Waals surface area contributed by atoms with Crippen LogP contribution in [0.5, 0.6) is 0 Å². The molecule has 0 spiro atoms.